The van der Waals surface area contributed by atoms with Gasteiger partial charge in [-0.25, -0.2) is 0 Å². The van der Waals surface area contributed by atoms with E-state index in [1.165, 1.54) is 6.42 Å². The Morgan fingerprint density at radius 1 is 1.00 bits per heavy atom. The number of carbonyl (C=O) groups excluding carboxylic acids is 1. The van der Waals surface area contributed by atoms with Crippen LogP contribution in [0.3, 0.4) is 0 Å². The molecule has 1 aliphatic carbocycles. The van der Waals surface area contributed by atoms with E-state index in [-0.39, 0.29) is 5.92 Å². The van der Waals surface area contributed by atoms with E-state index in [0.717, 1.165) is 37.2 Å². The minimum Gasteiger partial charge on any atom is -0.454 e. The number of piperidine rings is 1. The Labute approximate surface area is 164 Å². The second-order valence-corrected chi connectivity index (χ2v) is 8.47. The Kier molecular flexibility index (Phi) is 3.68. The van der Waals surface area contributed by atoms with Gasteiger partial charge in [0.15, 0.2) is 0 Å². The summed E-state index contributed by atoms with van der Waals surface area (Å²) < 4.78 is 5.87. The van der Waals surface area contributed by atoms with Crippen LogP contribution in [0.25, 0.3) is 0 Å². The zero-order chi connectivity index (χ0) is 19.7. The van der Waals surface area contributed by atoms with Gasteiger partial charge in [0.05, 0.1) is 0 Å². The van der Waals surface area contributed by atoms with Gasteiger partial charge in [-0.15, -0.1) is 0 Å². The number of hydrogen-bond donors (Lipinski definition) is 2. The molecule has 5 heteroatoms. The van der Waals surface area contributed by atoms with Gasteiger partial charge in [-0.3, -0.25) is 4.79 Å². The molecule has 0 saturated carbocycles. The molecule has 5 nitrogen and oxygen atoms in total. The van der Waals surface area contributed by atoms with Gasteiger partial charge in [-0.05, 0) is 55.0 Å². The van der Waals surface area contributed by atoms with E-state index in [4.69, 9.17) is 4.74 Å². The molecule has 2 N–H and O–H groups in total. The van der Waals surface area contributed by atoms with E-state index in [1.54, 1.807) is 18.2 Å². The van der Waals surface area contributed by atoms with Gasteiger partial charge in [0.25, 0.3) is 5.79 Å². The number of fused-ring (bicyclic) bond motifs is 5. The van der Waals surface area contributed by atoms with E-state index < -0.39 is 17.2 Å². The molecule has 2 atom stereocenters. The predicted octanol–water partition coefficient (Wildman–Crippen LogP) is 3.42. The van der Waals surface area contributed by atoms with Crippen molar-refractivity contribution in [2.45, 2.75) is 50.4 Å². The molecule has 0 spiro atoms. The highest BCUT2D eigenvalue weighted by atomic mass is 16.7. The summed E-state index contributed by atoms with van der Waals surface area (Å²) in [5, 5.41) is 22.8. The molecule has 1 saturated heterocycles. The summed E-state index contributed by atoms with van der Waals surface area (Å²) >= 11 is 0. The molecule has 1 fully saturated rings. The van der Waals surface area contributed by atoms with Crippen molar-refractivity contribution in [3.05, 3.63) is 58.7 Å². The van der Waals surface area contributed by atoms with Gasteiger partial charge >= 0.3 is 0 Å². The molecule has 28 heavy (non-hydrogen) atoms. The molecular weight excluding hydrogens is 354 g/mol. The summed E-state index contributed by atoms with van der Waals surface area (Å²) in [4.78, 5) is 15.6. The number of rotatable bonds is 2. The molecule has 2 aromatic carbocycles. The number of anilines is 1. The Bertz CT molecular complexity index is 979. The van der Waals surface area contributed by atoms with E-state index in [2.05, 4.69) is 18.7 Å². The fourth-order valence-corrected chi connectivity index (χ4v) is 4.78. The van der Waals surface area contributed by atoms with Crippen molar-refractivity contribution in [3.8, 4) is 5.75 Å². The van der Waals surface area contributed by atoms with E-state index >= 15 is 0 Å². The summed E-state index contributed by atoms with van der Waals surface area (Å²) in [5.74, 6) is -1.94. The Morgan fingerprint density at radius 3 is 2.43 bits per heavy atom. The summed E-state index contributed by atoms with van der Waals surface area (Å²) in [5.41, 5.74) is 0.879. The first-order valence-electron chi connectivity index (χ1n) is 10.1. The van der Waals surface area contributed by atoms with Crippen LogP contribution in [0.1, 0.15) is 66.1 Å². The molecular formula is C23H25NO4. The highest BCUT2D eigenvalue weighted by Crippen LogP contribution is 2.58. The minimum atomic E-state index is -2.11. The molecule has 0 aromatic heterocycles. The Balaban J connectivity index is 1.60. The number of hydrogen-bond acceptors (Lipinski definition) is 5. The minimum absolute atomic E-state index is 0.272. The number of carbonyl (C=O) groups is 1. The molecule has 2 aromatic rings. The third kappa shape index (κ3) is 2.12. The van der Waals surface area contributed by atoms with E-state index in [0.29, 0.717) is 22.4 Å². The van der Waals surface area contributed by atoms with Crippen LogP contribution < -0.4 is 9.64 Å². The maximum Gasteiger partial charge on any atom is 0.276 e. The summed E-state index contributed by atoms with van der Waals surface area (Å²) in [6, 6.07) is 10.8. The molecule has 0 amide bonds. The predicted molar refractivity (Wildman–Crippen MR) is 106 cm³/mol. The van der Waals surface area contributed by atoms with Gasteiger partial charge in [-0.1, -0.05) is 26.0 Å². The quantitative estimate of drug-likeness (QED) is 0.837. The lowest BCUT2D eigenvalue weighted by molar-refractivity contribution is -0.224. The van der Waals surface area contributed by atoms with E-state index in [1.807, 2.05) is 18.2 Å². The fourth-order valence-electron chi connectivity index (χ4n) is 4.78. The third-order valence-corrected chi connectivity index (χ3v) is 6.47. The average Bonchev–Trinajstić information content (AvgIpc) is 3.04. The van der Waals surface area contributed by atoms with Crippen molar-refractivity contribution in [2.24, 2.45) is 0 Å². The van der Waals surface area contributed by atoms with Crippen LogP contribution in [0.2, 0.25) is 0 Å². The number of ether oxygens (including phenoxy) is 1. The average molecular weight is 379 g/mol. The Morgan fingerprint density at radius 2 is 1.71 bits per heavy atom. The van der Waals surface area contributed by atoms with Crippen molar-refractivity contribution < 1.29 is 19.7 Å². The number of ketones is 1. The Hall–Kier alpha value is -2.37. The van der Waals surface area contributed by atoms with Gasteiger partial charge in [0.2, 0.25) is 11.4 Å². The summed E-state index contributed by atoms with van der Waals surface area (Å²) in [6.45, 7) is 6.03. The number of aliphatic hydroxyl groups is 2. The molecule has 0 bridgehead atoms. The zero-order valence-electron chi connectivity index (χ0n) is 16.2. The fraction of sp³-hybridized carbons (Fsp3) is 0.435. The normalized spacial score (nSPS) is 28.2. The highest BCUT2D eigenvalue weighted by Gasteiger charge is 2.70. The zero-order valence-corrected chi connectivity index (χ0v) is 16.2. The van der Waals surface area contributed by atoms with Crippen LogP contribution in [-0.4, -0.2) is 29.1 Å². The van der Waals surface area contributed by atoms with Crippen LogP contribution in [0.15, 0.2) is 36.4 Å². The molecule has 0 radical (unpaired) electrons. The lowest BCUT2D eigenvalue weighted by atomic mass is 9.86. The van der Waals surface area contributed by atoms with Gasteiger partial charge in [-0.2, -0.15) is 0 Å². The van der Waals surface area contributed by atoms with Crippen molar-refractivity contribution in [1.82, 2.24) is 0 Å². The van der Waals surface area contributed by atoms with Gasteiger partial charge in [0, 0.05) is 35.5 Å². The largest absolute Gasteiger partial charge is 0.454 e. The first-order chi connectivity index (χ1) is 13.4. The molecule has 3 aliphatic rings. The number of nitrogens with zero attached hydrogens (tertiary/aromatic N) is 1. The molecule has 146 valence electrons. The molecule has 2 heterocycles. The first-order valence-corrected chi connectivity index (χ1v) is 10.1. The maximum absolute atomic E-state index is 13.3. The van der Waals surface area contributed by atoms with Crippen LogP contribution >= 0.6 is 0 Å². The lowest BCUT2D eigenvalue weighted by Crippen LogP contribution is -2.48. The standard InChI is InChI=1S/C23H25NO4/c1-14(2)15-6-8-19-20(12-15)28-23(27)18-9-7-16(24-10-4-3-5-11-24)13-17(18)21(25)22(19,23)26/h6-9,12-14,26-27H,3-5,10-11H2,1-2H3. The van der Waals surface area contributed by atoms with Crippen molar-refractivity contribution in [1.29, 1.82) is 0 Å². The molecule has 2 unspecified atom stereocenters. The van der Waals surface area contributed by atoms with Crippen molar-refractivity contribution in [2.75, 3.05) is 18.0 Å². The number of Topliss-reactive ketones (excluding diaryl/α,β-unsaturated/α-hetero) is 1. The second kappa shape index (κ2) is 5.82. The summed E-state index contributed by atoms with van der Waals surface area (Å²) in [6.07, 6.45) is 3.49. The summed E-state index contributed by atoms with van der Waals surface area (Å²) in [7, 11) is 0. The topological polar surface area (TPSA) is 70.0 Å². The third-order valence-electron chi connectivity index (χ3n) is 6.47. The van der Waals surface area contributed by atoms with Crippen LogP contribution in [-0.2, 0) is 11.4 Å². The molecule has 2 aliphatic heterocycles. The van der Waals surface area contributed by atoms with Crippen LogP contribution in [0.5, 0.6) is 5.75 Å². The van der Waals surface area contributed by atoms with Gasteiger partial charge < -0.3 is 19.8 Å². The van der Waals surface area contributed by atoms with Crippen molar-refractivity contribution >= 4 is 11.5 Å². The van der Waals surface area contributed by atoms with Crippen LogP contribution in [0, 0.1) is 0 Å². The smallest absolute Gasteiger partial charge is 0.276 e. The monoisotopic (exact) mass is 379 g/mol. The number of benzene rings is 2. The van der Waals surface area contributed by atoms with Gasteiger partial charge in [0.1, 0.15) is 5.75 Å². The van der Waals surface area contributed by atoms with Crippen molar-refractivity contribution in [3.63, 3.8) is 0 Å². The maximum atomic E-state index is 13.3. The van der Waals surface area contributed by atoms with Crippen LogP contribution in [0.4, 0.5) is 5.69 Å². The molecule has 5 rings (SSSR count). The second-order valence-electron chi connectivity index (χ2n) is 8.47. The highest BCUT2D eigenvalue weighted by molar-refractivity contribution is 6.10. The SMILES string of the molecule is CC(C)c1ccc2c(c1)OC1(O)c3ccc(N4CCCCC4)cc3C(=O)C21O. The lowest BCUT2D eigenvalue weighted by Gasteiger charge is -2.30. The van der Waals surface area contributed by atoms with E-state index in [9.17, 15) is 15.0 Å². The first kappa shape index (κ1) is 17.7.